The second-order valence-electron chi connectivity index (χ2n) is 4.86. The highest BCUT2D eigenvalue weighted by Gasteiger charge is 2.26. The van der Waals surface area contributed by atoms with E-state index in [9.17, 15) is 9.59 Å². The molecule has 1 N–H and O–H groups in total. The molecule has 0 aromatic heterocycles. The summed E-state index contributed by atoms with van der Waals surface area (Å²) >= 11 is 3.38. The quantitative estimate of drug-likeness (QED) is 0.913. The summed E-state index contributed by atoms with van der Waals surface area (Å²) in [6.07, 6.45) is -0.514. The molecule has 1 saturated heterocycles. The van der Waals surface area contributed by atoms with Crippen LogP contribution in [0.2, 0.25) is 0 Å². The first-order valence-corrected chi connectivity index (χ1v) is 7.15. The van der Waals surface area contributed by atoms with Crippen LogP contribution in [-0.2, 0) is 9.53 Å². The van der Waals surface area contributed by atoms with Gasteiger partial charge in [0, 0.05) is 23.1 Å². The molecule has 0 spiro atoms. The first-order chi connectivity index (χ1) is 9.45. The number of aliphatic carboxylic acids is 1. The predicted molar refractivity (Wildman–Crippen MR) is 76.8 cm³/mol. The van der Waals surface area contributed by atoms with Gasteiger partial charge >= 0.3 is 5.97 Å². The van der Waals surface area contributed by atoms with Crippen molar-refractivity contribution in [3.63, 3.8) is 0 Å². The zero-order valence-electron chi connectivity index (χ0n) is 11.1. The molecule has 5 nitrogen and oxygen atoms in total. The van der Waals surface area contributed by atoms with E-state index < -0.39 is 12.1 Å². The van der Waals surface area contributed by atoms with Gasteiger partial charge < -0.3 is 14.7 Å². The van der Waals surface area contributed by atoms with Crippen LogP contribution in [-0.4, -0.2) is 47.7 Å². The Hall–Kier alpha value is -1.40. The van der Waals surface area contributed by atoms with Crippen molar-refractivity contribution >= 4 is 27.8 Å². The van der Waals surface area contributed by atoms with Gasteiger partial charge in [0.25, 0.3) is 5.91 Å². The summed E-state index contributed by atoms with van der Waals surface area (Å²) in [5, 5.41) is 8.79. The zero-order valence-corrected chi connectivity index (χ0v) is 12.7. The number of carbonyl (C=O) groups excluding carboxylic acids is 1. The number of hydrogen-bond donors (Lipinski definition) is 1. The highest BCUT2D eigenvalue weighted by Crippen LogP contribution is 2.18. The van der Waals surface area contributed by atoms with Crippen molar-refractivity contribution in [2.45, 2.75) is 19.4 Å². The summed E-state index contributed by atoms with van der Waals surface area (Å²) in [6, 6.07) is 5.54. The van der Waals surface area contributed by atoms with Crippen LogP contribution in [0, 0.1) is 6.92 Å². The molecular formula is C14H16BrNO4. The van der Waals surface area contributed by atoms with Gasteiger partial charge in [-0.25, -0.2) is 0 Å². The number of amides is 1. The summed E-state index contributed by atoms with van der Waals surface area (Å²) in [6.45, 7) is 3.10. The van der Waals surface area contributed by atoms with Crippen molar-refractivity contribution in [2.75, 3.05) is 19.7 Å². The fourth-order valence-electron chi connectivity index (χ4n) is 2.26. The number of hydrogen-bond acceptors (Lipinski definition) is 3. The molecule has 1 unspecified atom stereocenters. The summed E-state index contributed by atoms with van der Waals surface area (Å²) < 4.78 is 6.23. The molecule has 0 aliphatic carbocycles. The first kappa shape index (κ1) is 15.0. The van der Waals surface area contributed by atoms with E-state index in [0.29, 0.717) is 25.3 Å². The van der Waals surface area contributed by atoms with Gasteiger partial charge in [-0.05, 0) is 30.7 Å². The Morgan fingerprint density at radius 2 is 2.20 bits per heavy atom. The molecule has 2 rings (SSSR count). The van der Waals surface area contributed by atoms with E-state index in [1.807, 2.05) is 19.1 Å². The Labute approximate surface area is 125 Å². The Morgan fingerprint density at radius 1 is 1.45 bits per heavy atom. The number of carboxylic acids is 1. The summed E-state index contributed by atoms with van der Waals surface area (Å²) in [5.41, 5.74) is 1.60. The Kier molecular flexibility index (Phi) is 4.77. The van der Waals surface area contributed by atoms with E-state index in [0.717, 1.165) is 10.0 Å². The minimum absolute atomic E-state index is 0.0821. The SMILES string of the molecule is Cc1cc(Br)cc(C(=O)N2CCOC(CC(=O)O)C2)c1. The second kappa shape index (κ2) is 6.37. The lowest BCUT2D eigenvalue weighted by atomic mass is 10.1. The third-order valence-corrected chi connectivity index (χ3v) is 3.58. The molecule has 0 bridgehead atoms. The van der Waals surface area contributed by atoms with Crippen LogP contribution >= 0.6 is 15.9 Å². The molecule has 1 atom stereocenters. The number of carboxylic acid groups (broad SMARTS) is 1. The lowest BCUT2D eigenvalue weighted by Crippen LogP contribution is -2.46. The Balaban J connectivity index is 2.10. The van der Waals surface area contributed by atoms with E-state index in [1.54, 1.807) is 11.0 Å². The molecule has 6 heteroatoms. The highest BCUT2D eigenvalue weighted by atomic mass is 79.9. The molecule has 20 heavy (non-hydrogen) atoms. The molecule has 1 fully saturated rings. The van der Waals surface area contributed by atoms with Gasteiger partial charge in [0.05, 0.1) is 19.1 Å². The van der Waals surface area contributed by atoms with Crippen molar-refractivity contribution < 1.29 is 19.4 Å². The molecule has 1 aliphatic rings. The van der Waals surface area contributed by atoms with Gasteiger partial charge in [0.2, 0.25) is 0 Å². The molecule has 0 saturated carbocycles. The van der Waals surface area contributed by atoms with Crippen LogP contribution in [0.5, 0.6) is 0 Å². The molecule has 0 radical (unpaired) electrons. The number of morpholine rings is 1. The molecule has 1 amide bonds. The summed E-state index contributed by atoms with van der Waals surface area (Å²) in [7, 11) is 0. The van der Waals surface area contributed by atoms with Crippen molar-refractivity contribution in [1.82, 2.24) is 4.90 Å². The standard InChI is InChI=1S/C14H16BrNO4/c1-9-4-10(6-11(15)5-9)14(19)16-2-3-20-12(8-16)7-13(17)18/h4-6,12H,2-3,7-8H2,1H3,(H,17,18). The van der Waals surface area contributed by atoms with Gasteiger partial charge in [-0.2, -0.15) is 0 Å². The number of rotatable bonds is 3. The maximum absolute atomic E-state index is 12.4. The van der Waals surface area contributed by atoms with Crippen LogP contribution in [0.15, 0.2) is 22.7 Å². The average Bonchev–Trinajstić information content (AvgIpc) is 2.36. The number of aryl methyl sites for hydroxylation is 1. The van der Waals surface area contributed by atoms with Gasteiger partial charge in [0.1, 0.15) is 0 Å². The average molecular weight is 342 g/mol. The van der Waals surface area contributed by atoms with Crippen LogP contribution in [0.25, 0.3) is 0 Å². The maximum Gasteiger partial charge on any atom is 0.306 e. The van der Waals surface area contributed by atoms with Crippen LogP contribution in [0.1, 0.15) is 22.3 Å². The normalized spacial score (nSPS) is 18.9. The number of nitrogens with zero attached hydrogens (tertiary/aromatic N) is 1. The zero-order chi connectivity index (χ0) is 14.7. The van der Waals surface area contributed by atoms with E-state index >= 15 is 0 Å². The maximum atomic E-state index is 12.4. The van der Waals surface area contributed by atoms with Crippen molar-refractivity contribution in [3.8, 4) is 0 Å². The van der Waals surface area contributed by atoms with Crippen molar-refractivity contribution in [3.05, 3.63) is 33.8 Å². The van der Waals surface area contributed by atoms with Crippen molar-refractivity contribution in [1.29, 1.82) is 0 Å². The molecule has 108 valence electrons. The lowest BCUT2D eigenvalue weighted by molar-refractivity contribution is -0.141. The van der Waals surface area contributed by atoms with Crippen LogP contribution in [0.3, 0.4) is 0 Å². The fraction of sp³-hybridized carbons (Fsp3) is 0.429. The van der Waals surface area contributed by atoms with E-state index in [-0.39, 0.29) is 12.3 Å². The minimum atomic E-state index is -0.914. The first-order valence-electron chi connectivity index (χ1n) is 6.35. The number of halogens is 1. The smallest absolute Gasteiger partial charge is 0.306 e. The van der Waals surface area contributed by atoms with Gasteiger partial charge in [-0.15, -0.1) is 0 Å². The largest absolute Gasteiger partial charge is 0.481 e. The monoisotopic (exact) mass is 341 g/mol. The van der Waals surface area contributed by atoms with E-state index in [2.05, 4.69) is 15.9 Å². The number of ether oxygens (including phenoxy) is 1. The summed E-state index contributed by atoms with van der Waals surface area (Å²) in [5.74, 6) is -1.00. The van der Waals surface area contributed by atoms with Crippen LogP contribution < -0.4 is 0 Å². The Bertz CT molecular complexity index is 512. The molecule has 1 aromatic carbocycles. The highest BCUT2D eigenvalue weighted by molar-refractivity contribution is 9.10. The van der Waals surface area contributed by atoms with Crippen LogP contribution in [0.4, 0.5) is 0 Å². The van der Waals surface area contributed by atoms with Gasteiger partial charge in [-0.3, -0.25) is 9.59 Å². The topological polar surface area (TPSA) is 66.8 Å². The Morgan fingerprint density at radius 3 is 2.85 bits per heavy atom. The van der Waals surface area contributed by atoms with Gasteiger partial charge in [0.15, 0.2) is 0 Å². The molecule has 1 aromatic rings. The fourth-order valence-corrected chi connectivity index (χ4v) is 2.87. The molecule has 1 aliphatic heterocycles. The lowest BCUT2D eigenvalue weighted by Gasteiger charge is -2.32. The molecule has 1 heterocycles. The minimum Gasteiger partial charge on any atom is -0.481 e. The van der Waals surface area contributed by atoms with Gasteiger partial charge in [-0.1, -0.05) is 15.9 Å². The van der Waals surface area contributed by atoms with Crippen molar-refractivity contribution in [2.24, 2.45) is 0 Å². The number of benzene rings is 1. The second-order valence-corrected chi connectivity index (χ2v) is 5.77. The summed E-state index contributed by atoms with van der Waals surface area (Å²) in [4.78, 5) is 24.8. The predicted octanol–water partition coefficient (Wildman–Crippen LogP) is 2.07. The number of carbonyl (C=O) groups is 2. The van der Waals surface area contributed by atoms with E-state index in [4.69, 9.17) is 9.84 Å². The third-order valence-electron chi connectivity index (χ3n) is 3.12. The van der Waals surface area contributed by atoms with E-state index in [1.165, 1.54) is 0 Å². The molecular weight excluding hydrogens is 326 g/mol. The third kappa shape index (κ3) is 3.80.